The average Bonchev–Trinajstić information content (AvgIpc) is 2.48. The van der Waals surface area contributed by atoms with Gasteiger partial charge in [0.2, 0.25) is 0 Å². The number of ether oxygens (including phenoxy) is 1. The first-order valence-corrected chi connectivity index (χ1v) is 7.14. The van der Waals surface area contributed by atoms with Crippen LogP contribution in [0.15, 0.2) is 30.3 Å². The lowest BCUT2D eigenvalue weighted by atomic mass is 10.00. The summed E-state index contributed by atoms with van der Waals surface area (Å²) in [6.45, 7) is 1.71. The highest BCUT2D eigenvalue weighted by molar-refractivity contribution is 5.97. The van der Waals surface area contributed by atoms with Gasteiger partial charge in [0.1, 0.15) is 0 Å². The summed E-state index contributed by atoms with van der Waals surface area (Å²) in [7, 11) is 0. The van der Waals surface area contributed by atoms with Gasteiger partial charge in [-0.1, -0.05) is 25.1 Å². The molecule has 5 heteroatoms. The molecule has 1 aromatic carbocycles. The van der Waals surface area contributed by atoms with Gasteiger partial charge in [0.15, 0.2) is 0 Å². The molecule has 0 bridgehead atoms. The SMILES string of the molecule is CC(CC(O)CCCCO)C(=O)OC(=O)c1ccccc1. The molecule has 1 rings (SSSR count). The molecule has 2 atom stereocenters. The smallest absolute Gasteiger partial charge is 0.345 e. The molecule has 2 unspecified atom stereocenters. The highest BCUT2D eigenvalue weighted by atomic mass is 16.6. The summed E-state index contributed by atoms with van der Waals surface area (Å²) in [5.41, 5.74) is 0.321. The van der Waals surface area contributed by atoms with Gasteiger partial charge >= 0.3 is 11.9 Å². The Balaban J connectivity index is 2.39. The Morgan fingerprint density at radius 3 is 2.48 bits per heavy atom. The zero-order valence-corrected chi connectivity index (χ0v) is 12.2. The van der Waals surface area contributed by atoms with Gasteiger partial charge in [-0.25, -0.2) is 4.79 Å². The van der Waals surface area contributed by atoms with Crippen molar-refractivity contribution < 1.29 is 24.5 Å². The van der Waals surface area contributed by atoms with E-state index in [0.29, 0.717) is 24.8 Å². The Morgan fingerprint density at radius 1 is 1.19 bits per heavy atom. The highest BCUT2D eigenvalue weighted by Gasteiger charge is 2.21. The average molecular weight is 294 g/mol. The third-order valence-corrected chi connectivity index (χ3v) is 3.18. The van der Waals surface area contributed by atoms with E-state index in [1.807, 2.05) is 0 Å². The number of aliphatic hydroxyl groups is 2. The van der Waals surface area contributed by atoms with Crippen LogP contribution in [0.5, 0.6) is 0 Å². The molecule has 0 aliphatic heterocycles. The Labute approximate surface area is 124 Å². The molecular weight excluding hydrogens is 272 g/mol. The minimum Gasteiger partial charge on any atom is -0.396 e. The molecule has 0 aliphatic carbocycles. The summed E-state index contributed by atoms with van der Waals surface area (Å²) in [4.78, 5) is 23.5. The first-order valence-electron chi connectivity index (χ1n) is 7.14. The maximum Gasteiger partial charge on any atom is 0.345 e. The van der Waals surface area contributed by atoms with Crippen LogP contribution >= 0.6 is 0 Å². The fraction of sp³-hybridized carbons (Fsp3) is 0.500. The van der Waals surface area contributed by atoms with E-state index < -0.39 is 24.0 Å². The van der Waals surface area contributed by atoms with Crippen LogP contribution in [0.2, 0.25) is 0 Å². The number of hydrogen-bond acceptors (Lipinski definition) is 5. The molecule has 116 valence electrons. The third-order valence-electron chi connectivity index (χ3n) is 3.18. The van der Waals surface area contributed by atoms with E-state index in [-0.39, 0.29) is 13.0 Å². The van der Waals surface area contributed by atoms with Gasteiger partial charge < -0.3 is 14.9 Å². The highest BCUT2D eigenvalue weighted by Crippen LogP contribution is 2.14. The summed E-state index contributed by atoms with van der Waals surface area (Å²) >= 11 is 0. The first-order chi connectivity index (χ1) is 10.0. The third kappa shape index (κ3) is 6.51. The van der Waals surface area contributed by atoms with Crippen molar-refractivity contribution in [3.8, 4) is 0 Å². The molecule has 2 N–H and O–H groups in total. The molecule has 0 radical (unpaired) electrons. The molecule has 1 aromatic rings. The lowest BCUT2D eigenvalue weighted by molar-refractivity contribution is -0.143. The van der Waals surface area contributed by atoms with Gasteiger partial charge in [-0.3, -0.25) is 4.79 Å². The van der Waals surface area contributed by atoms with Gasteiger partial charge in [0.05, 0.1) is 17.6 Å². The van der Waals surface area contributed by atoms with E-state index >= 15 is 0 Å². The maximum absolute atomic E-state index is 11.8. The lowest BCUT2D eigenvalue weighted by Gasteiger charge is -2.15. The second-order valence-electron chi connectivity index (χ2n) is 5.08. The normalized spacial score (nSPS) is 13.5. The molecule has 0 aliphatic rings. The molecule has 0 saturated heterocycles. The van der Waals surface area contributed by atoms with Gasteiger partial charge in [-0.15, -0.1) is 0 Å². The van der Waals surface area contributed by atoms with E-state index in [2.05, 4.69) is 0 Å². The van der Waals surface area contributed by atoms with Crippen molar-refractivity contribution in [2.45, 2.75) is 38.7 Å². The Morgan fingerprint density at radius 2 is 1.86 bits per heavy atom. The van der Waals surface area contributed by atoms with E-state index in [9.17, 15) is 14.7 Å². The number of benzene rings is 1. The van der Waals surface area contributed by atoms with Crippen molar-refractivity contribution >= 4 is 11.9 Å². The molecule has 0 saturated carbocycles. The van der Waals surface area contributed by atoms with E-state index in [4.69, 9.17) is 9.84 Å². The van der Waals surface area contributed by atoms with Crippen molar-refractivity contribution in [2.24, 2.45) is 5.92 Å². The fourth-order valence-corrected chi connectivity index (χ4v) is 1.94. The number of esters is 2. The Hall–Kier alpha value is -1.72. The van der Waals surface area contributed by atoms with Crippen LogP contribution < -0.4 is 0 Å². The van der Waals surface area contributed by atoms with Crippen LogP contribution in [0.4, 0.5) is 0 Å². The zero-order chi connectivity index (χ0) is 15.7. The predicted octanol–water partition coefficient (Wildman–Crippen LogP) is 1.92. The van der Waals surface area contributed by atoms with E-state index in [0.717, 1.165) is 0 Å². The summed E-state index contributed by atoms with van der Waals surface area (Å²) in [5.74, 6) is -1.87. The maximum atomic E-state index is 11.8. The van der Waals surface area contributed by atoms with Gasteiger partial charge in [-0.2, -0.15) is 0 Å². The summed E-state index contributed by atoms with van der Waals surface area (Å²) in [5, 5.41) is 18.4. The molecular formula is C16H22O5. The minimum absolute atomic E-state index is 0.0931. The van der Waals surface area contributed by atoms with Crippen molar-refractivity contribution in [3.63, 3.8) is 0 Å². The quantitative estimate of drug-likeness (QED) is 0.435. The van der Waals surface area contributed by atoms with Crippen LogP contribution in [-0.2, 0) is 9.53 Å². The van der Waals surface area contributed by atoms with Gasteiger partial charge in [0, 0.05) is 6.61 Å². The van der Waals surface area contributed by atoms with Crippen LogP contribution in [-0.4, -0.2) is 34.9 Å². The van der Waals surface area contributed by atoms with Crippen LogP contribution in [0, 0.1) is 5.92 Å². The van der Waals surface area contributed by atoms with Crippen LogP contribution in [0.25, 0.3) is 0 Å². The van der Waals surface area contributed by atoms with Crippen LogP contribution in [0.3, 0.4) is 0 Å². The molecule has 21 heavy (non-hydrogen) atoms. The van der Waals surface area contributed by atoms with Crippen LogP contribution in [0.1, 0.15) is 43.0 Å². The largest absolute Gasteiger partial charge is 0.396 e. The molecule has 0 amide bonds. The lowest BCUT2D eigenvalue weighted by Crippen LogP contribution is -2.23. The van der Waals surface area contributed by atoms with Gasteiger partial charge in [0.25, 0.3) is 0 Å². The number of unbranched alkanes of at least 4 members (excludes halogenated alkanes) is 1. The fourth-order valence-electron chi connectivity index (χ4n) is 1.94. The van der Waals surface area contributed by atoms with Crippen molar-refractivity contribution in [1.82, 2.24) is 0 Å². The van der Waals surface area contributed by atoms with Crippen molar-refractivity contribution in [2.75, 3.05) is 6.61 Å². The van der Waals surface area contributed by atoms with E-state index in [1.165, 1.54) is 0 Å². The topological polar surface area (TPSA) is 83.8 Å². The van der Waals surface area contributed by atoms with Gasteiger partial charge in [-0.05, 0) is 37.8 Å². The Bertz CT molecular complexity index is 443. The number of hydrogen-bond donors (Lipinski definition) is 2. The standard InChI is InChI=1S/C16H22O5/c1-12(11-14(18)9-5-6-10-17)15(19)21-16(20)13-7-3-2-4-8-13/h2-4,7-8,12,14,17-18H,5-6,9-11H2,1H3. The molecule has 5 nitrogen and oxygen atoms in total. The summed E-state index contributed by atoms with van der Waals surface area (Å²) < 4.78 is 4.80. The second kappa shape index (κ2) is 9.26. The molecule has 0 heterocycles. The number of carbonyl (C=O) groups is 2. The van der Waals surface area contributed by atoms with Crippen molar-refractivity contribution in [1.29, 1.82) is 0 Å². The predicted molar refractivity (Wildman–Crippen MR) is 77.6 cm³/mol. The monoisotopic (exact) mass is 294 g/mol. The second-order valence-corrected chi connectivity index (χ2v) is 5.08. The number of aliphatic hydroxyl groups excluding tert-OH is 2. The minimum atomic E-state index is -0.678. The van der Waals surface area contributed by atoms with E-state index in [1.54, 1.807) is 37.3 Å². The van der Waals surface area contributed by atoms with Crippen molar-refractivity contribution in [3.05, 3.63) is 35.9 Å². The number of carbonyl (C=O) groups excluding carboxylic acids is 2. The Kier molecular flexibility index (Phi) is 7.64. The molecule has 0 spiro atoms. The zero-order valence-electron chi connectivity index (χ0n) is 12.2. The summed E-state index contributed by atoms with van der Waals surface area (Å²) in [6.07, 6.45) is 1.45. The number of rotatable bonds is 8. The first kappa shape index (κ1) is 17.3. The molecule has 0 fully saturated rings. The summed E-state index contributed by atoms with van der Waals surface area (Å²) in [6, 6.07) is 8.29. The molecule has 0 aromatic heterocycles.